The molecule has 0 aliphatic carbocycles. The van der Waals surface area contributed by atoms with Gasteiger partial charge < -0.3 is 14.3 Å². The van der Waals surface area contributed by atoms with E-state index in [-0.39, 0.29) is 11.5 Å². The molecule has 5 rings (SSSR count). The van der Waals surface area contributed by atoms with Gasteiger partial charge in [0.05, 0.1) is 28.3 Å². The van der Waals surface area contributed by atoms with Crippen molar-refractivity contribution in [1.29, 1.82) is 5.26 Å². The van der Waals surface area contributed by atoms with Gasteiger partial charge in [0, 0.05) is 24.9 Å². The summed E-state index contributed by atoms with van der Waals surface area (Å²) in [5, 5.41) is 14.4. The van der Waals surface area contributed by atoms with Gasteiger partial charge in [0.15, 0.2) is 12.1 Å². The molecule has 1 amide bonds. The molecule has 1 aliphatic heterocycles. The number of nitrogens with one attached hydrogen (secondary N) is 1. The maximum Gasteiger partial charge on any atom is 0.293 e. The first-order chi connectivity index (χ1) is 13.7. The van der Waals surface area contributed by atoms with Gasteiger partial charge in [0.25, 0.3) is 5.91 Å². The van der Waals surface area contributed by atoms with Crippen molar-refractivity contribution in [2.75, 3.05) is 6.54 Å². The van der Waals surface area contributed by atoms with E-state index in [0.717, 1.165) is 17.6 Å². The molecular weight excluding hydrogens is 382 g/mol. The molecule has 0 spiro atoms. The van der Waals surface area contributed by atoms with Crippen molar-refractivity contribution in [3.8, 4) is 6.07 Å². The molecular formula is C18H12ClN7O2. The number of hydrogen-bond donors (Lipinski definition) is 1. The molecule has 0 saturated heterocycles. The lowest BCUT2D eigenvalue weighted by Crippen LogP contribution is -2.41. The highest BCUT2D eigenvalue weighted by molar-refractivity contribution is 6.33. The Bertz CT molecular complexity index is 1250. The second-order valence-corrected chi connectivity index (χ2v) is 6.72. The van der Waals surface area contributed by atoms with E-state index in [1.807, 2.05) is 12.1 Å². The summed E-state index contributed by atoms with van der Waals surface area (Å²) in [4.78, 5) is 26.1. The first kappa shape index (κ1) is 16.5. The van der Waals surface area contributed by atoms with Gasteiger partial charge in [-0.3, -0.25) is 4.79 Å². The number of oxazole rings is 1. The fourth-order valence-corrected chi connectivity index (χ4v) is 3.75. The Kier molecular flexibility index (Phi) is 3.67. The van der Waals surface area contributed by atoms with E-state index in [4.69, 9.17) is 16.0 Å². The Hall–Kier alpha value is -3.64. The van der Waals surface area contributed by atoms with Gasteiger partial charge in [-0.2, -0.15) is 10.4 Å². The number of carbonyl (C=O) groups excluding carboxylic acids is 1. The Morgan fingerprint density at radius 1 is 1.43 bits per heavy atom. The summed E-state index contributed by atoms with van der Waals surface area (Å²) < 4.78 is 6.87. The van der Waals surface area contributed by atoms with Crippen LogP contribution in [-0.2, 0) is 6.42 Å². The predicted molar refractivity (Wildman–Crippen MR) is 96.6 cm³/mol. The average molecular weight is 394 g/mol. The number of aromatic amines is 1. The van der Waals surface area contributed by atoms with Gasteiger partial charge in [-0.25, -0.2) is 14.5 Å². The van der Waals surface area contributed by atoms with Crippen molar-refractivity contribution < 1.29 is 9.21 Å². The molecule has 1 atom stereocenters. The third-order valence-electron chi connectivity index (χ3n) is 4.80. The van der Waals surface area contributed by atoms with Crippen LogP contribution in [0.5, 0.6) is 0 Å². The van der Waals surface area contributed by atoms with E-state index < -0.39 is 11.9 Å². The van der Waals surface area contributed by atoms with Gasteiger partial charge in [-0.15, -0.1) is 0 Å². The lowest BCUT2D eigenvalue weighted by atomic mass is 9.99. The summed E-state index contributed by atoms with van der Waals surface area (Å²) in [6, 6.07) is 6.74. The molecule has 0 saturated carbocycles. The fourth-order valence-electron chi connectivity index (χ4n) is 3.54. The molecule has 0 bridgehead atoms. The van der Waals surface area contributed by atoms with Crippen LogP contribution >= 0.6 is 11.6 Å². The number of rotatable bonds is 2. The number of imidazole rings is 1. The maximum atomic E-state index is 13.2. The molecule has 138 valence electrons. The topological polar surface area (TPSA) is 116 Å². The zero-order valence-corrected chi connectivity index (χ0v) is 15.1. The number of halogens is 1. The number of nitrogens with zero attached hydrogens (tertiary/aromatic N) is 6. The third kappa shape index (κ3) is 2.39. The Labute approximate surface area is 163 Å². The van der Waals surface area contributed by atoms with Crippen LogP contribution < -0.4 is 0 Å². The molecule has 4 aromatic rings. The van der Waals surface area contributed by atoms with Crippen molar-refractivity contribution in [2.24, 2.45) is 0 Å². The molecule has 0 radical (unpaired) electrons. The van der Waals surface area contributed by atoms with Crippen LogP contribution in [0.25, 0.3) is 5.52 Å². The molecule has 4 aromatic heterocycles. The first-order valence-electron chi connectivity index (χ1n) is 8.48. The highest BCUT2D eigenvalue weighted by atomic mass is 35.5. The first-order valence-corrected chi connectivity index (χ1v) is 8.85. The van der Waals surface area contributed by atoms with Crippen LogP contribution in [0.1, 0.15) is 39.4 Å². The number of H-pyrrole nitrogens is 1. The number of amides is 1. The number of aromatic nitrogens is 5. The zero-order valence-electron chi connectivity index (χ0n) is 14.3. The van der Waals surface area contributed by atoms with Crippen molar-refractivity contribution >= 4 is 23.0 Å². The number of carbonyl (C=O) groups is 1. The second-order valence-electron chi connectivity index (χ2n) is 6.31. The highest BCUT2D eigenvalue weighted by Crippen LogP contribution is 2.35. The van der Waals surface area contributed by atoms with E-state index >= 15 is 0 Å². The van der Waals surface area contributed by atoms with Crippen molar-refractivity contribution in [3.63, 3.8) is 0 Å². The van der Waals surface area contributed by atoms with Crippen LogP contribution in [0.2, 0.25) is 5.02 Å². The Morgan fingerprint density at radius 3 is 3.14 bits per heavy atom. The minimum Gasteiger partial charge on any atom is -0.437 e. The monoisotopic (exact) mass is 393 g/mol. The van der Waals surface area contributed by atoms with E-state index in [1.54, 1.807) is 34.1 Å². The minimum atomic E-state index is -0.546. The quantitative estimate of drug-likeness (QED) is 0.558. The Morgan fingerprint density at radius 2 is 2.32 bits per heavy atom. The fraction of sp³-hybridized carbons (Fsp3) is 0.167. The zero-order chi connectivity index (χ0) is 19.3. The molecule has 0 unspecified atom stereocenters. The molecule has 5 heterocycles. The molecule has 28 heavy (non-hydrogen) atoms. The lowest BCUT2D eigenvalue weighted by Gasteiger charge is -2.33. The van der Waals surface area contributed by atoms with E-state index in [2.05, 4.69) is 20.1 Å². The summed E-state index contributed by atoms with van der Waals surface area (Å²) in [5.74, 6) is -0.524. The van der Waals surface area contributed by atoms with Gasteiger partial charge in [0.1, 0.15) is 12.1 Å². The van der Waals surface area contributed by atoms with E-state index in [0.29, 0.717) is 29.4 Å². The van der Waals surface area contributed by atoms with Gasteiger partial charge in [-0.1, -0.05) is 11.6 Å². The van der Waals surface area contributed by atoms with Gasteiger partial charge in [0.2, 0.25) is 5.76 Å². The number of pyridine rings is 1. The summed E-state index contributed by atoms with van der Waals surface area (Å²) >= 11 is 6.29. The molecule has 10 heteroatoms. The molecule has 9 nitrogen and oxygen atoms in total. The standard InChI is InChI=1S/C18H12ClN7O2/c19-10-2-1-4-26-14(10)6-12(24-26)16-15-11(21-8-22-15)3-5-25(16)18(27)17-13(7-20)23-9-28-17/h1-2,4,6,8-9,16H,3,5H2,(H,21,22)/t16-/m0/s1. The van der Waals surface area contributed by atoms with Crippen LogP contribution in [0.4, 0.5) is 0 Å². The van der Waals surface area contributed by atoms with E-state index in [9.17, 15) is 10.1 Å². The number of nitriles is 1. The van der Waals surface area contributed by atoms with Crippen molar-refractivity contribution in [2.45, 2.75) is 12.5 Å². The van der Waals surface area contributed by atoms with Crippen LogP contribution in [0, 0.1) is 11.3 Å². The molecule has 1 aliphatic rings. The molecule has 0 aromatic carbocycles. The van der Waals surface area contributed by atoms with Gasteiger partial charge in [-0.05, 0) is 18.2 Å². The van der Waals surface area contributed by atoms with Crippen molar-refractivity contribution in [1.82, 2.24) is 29.5 Å². The largest absolute Gasteiger partial charge is 0.437 e. The third-order valence-corrected chi connectivity index (χ3v) is 5.12. The highest BCUT2D eigenvalue weighted by Gasteiger charge is 2.38. The van der Waals surface area contributed by atoms with Crippen LogP contribution in [-0.4, -0.2) is 41.9 Å². The minimum absolute atomic E-state index is 0.0466. The summed E-state index contributed by atoms with van der Waals surface area (Å²) in [7, 11) is 0. The molecule has 0 fully saturated rings. The maximum absolute atomic E-state index is 13.2. The van der Waals surface area contributed by atoms with Crippen LogP contribution in [0.3, 0.4) is 0 Å². The SMILES string of the molecule is N#Cc1ncoc1C(=O)N1CCc2[nH]cnc2[C@@H]1c1cc2c(Cl)cccn2n1. The summed E-state index contributed by atoms with van der Waals surface area (Å²) in [6.45, 7) is 0.409. The molecule has 1 N–H and O–H groups in total. The smallest absolute Gasteiger partial charge is 0.293 e. The van der Waals surface area contributed by atoms with Crippen molar-refractivity contribution in [3.05, 3.63) is 70.7 Å². The average Bonchev–Trinajstić information content (AvgIpc) is 3.44. The van der Waals surface area contributed by atoms with Crippen LogP contribution in [0.15, 0.2) is 41.5 Å². The summed E-state index contributed by atoms with van der Waals surface area (Å²) in [6.07, 6.45) is 5.08. The normalized spacial score (nSPS) is 16.1. The Balaban J connectivity index is 1.65. The second kappa shape index (κ2) is 6.21. The number of hydrogen-bond acceptors (Lipinski definition) is 6. The summed E-state index contributed by atoms with van der Waals surface area (Å²) in [5.41, 5.74) is 2.95. The number of fused-ring (bicyclic) bond motifs is 2. The lowest BCUT2D eigenvalue weighted by molar-refractivity contribution is 0.0654. The van der Waals surface area contributed by atoms with Gasteiger partial charge >= 0.3 is 0 Å². The predicted octanol–water partition coefficient (Wildman–Crippen LogP) is 2.36. The van der Waals surface area contributed by atoms with E-state index in [1.165, 1.54) is 0 Å².